The van der Waals surface area contributed by atoms with Gasteiger partial charge in [0.05, 0.1) is 36.4 Å². The molecule has 0 unspecified atom stereocenters. The molecule has 27 heavy (non-hydrogen) atoms. The van der Waals surface area contributed by atoms with Crippen molar-refractivity contribution in [3.8, 4) is 0 Å². The largest absolute Gasteiger partial charge is 0.466 e. The molecule has 9 nitrogen and oxygen atoms in total. The van der Waals surface area contributed by atoms with Crippen LogP contribution in [0.2, 0.25) is 0 Å². The van der Waals surface area contributed by atoms with Gasteiger partial charge in [0.15, 0.2) is 0 Å². The lowest BCUT2D eigenvalue weighted by molar-refractivity contribution is -0.384. The van der Waals surface area contributed by atoms with E-state index >= 15 is 0 Å². The zero-order valence-corrected chi connectivity index (χ0v) is 15.5. The summed E-state index contributed by atoms with van der Waals surface area (Å²) in [5.41, 5.74) is -1.10. The normalized spacial score (nSPS) is 14.6. The Bertz CT molecular complexity index is 755. The Morgan fingerprint density at radius 1 is 1.11 bits per heavy atom. The second-order valence-corrected chi connectivity index (χ2v) is 6.05. The number of ether oxygens (including phenoxy) is 2. The number of non-ortho nitro benzene ring substituents is 1. The van der Waals surface area contributed by atoms with Crippen LogP contribution in [0.1, 0.15) is 39.2 Å². The van der Waals surface area contributed by atoms with E-state index in [9.17, 15) is 24.5 Å². The van der Waals surface area contributed by atoms with Gasteiger partial charge in [0.1, 0.15) is 0 Å². The second kappa shape index (κ2) is 8.15. The van der Waals surface area contributed by atoms with Crippen molar-refractivity contribution in [1.82, 2.24) is 0 Å². The molecular formula is C18H22N2O7. The molecule has 0 bridgehead atoms. The van der Waals surface area contributed by atoms with Crippen LogP contribution in [0.15, 0.2) is 18.2 Å². The van der Waals surface area contributed by atoms with Crippen molar-refractivity contribution in [2.45, 2.75) is 39.0 Å². The highest BCUT2D eigenvalue weighted by Crippen LogP contribution is 2.48. The lowest BCUT2D eigenvalue weighted by atomic mass is 9.75. The number of hydrogen-bond donors (Lipinski definition) is 0. The molecule has 0 saturated carbocycles. The lowest BCUT2D eigenvalue weighted by Crippen LogP contribution is -2.44. The molecule has 1 aromatic carbocycles. The van der Waals surface area contributed by atoms with E-state index in [1.165, 1.54) is 23.1 Å². The van der Waals surface area contributed by atoms with Gasteiger partial charge in [-0.25, -0.2) is 0 Å². The fourth-order valence-electron chi connectivity index (χ4n) is 3.37. The van der Waals surface area contributed by atoms with Crippen LogP contribution in [0.3, 0.4) is 0 Å². The Labute approximate surface area is 156 Å². The maximum Gasteiger partial charge on any atom is 0.307 e. The first-order chi connectivity index (χ1) is 12.8. The van der Waals surface area contributed by atoms with Gasteiger partial charge >= 0.3 is 11.9 Å². The number of benzene rings is 1. The van der Waals surface area contributed by atoms with E-state index in [0.717, 1.165) is 0 Å². The number of nitro groups is 1. The molecule has 1 aliphatic heterocycles. The molecule has 1 aromatic rings. The molecule has 0 radical (unpaired) electrons. The van der Waals surface area contributed by atoms with Gasteiger partial charge in [-0.1, -0.05) is 0 Å². The summed E-state index contributed by atoms with van der Waals surface area (Å²) in [6, 6.07) is 4.01. The SMILES string of the molecule is CCOC(=O)CC1(CC(=O)OCC)C(=O)N(CC)c2ccc([N+](=O)[O-])cc21. The number of fused-ring (bicyclic) bond motifs is 1. The van der Waals surface area contributed by atoms with Crippen molar-refractivity contribution in [1.29, 1.82) is 0 Å². The van der Waals surface area contributed by atoms with E-state index < -0.39 is 41.0 Å². The van der Waals surface area contributed by atoms with Gasteiger partial charge in [0, 0.05) is 24.4 Å². The van der Waals surface area contributed by atoms with E-state index in [1.54, 1.807) is 20.8 Å². The maximum absolute atomic E-state index is 13.2. The van der Waals surface area contributed by atoms with Crippen LogP contribution in [0, 0.1) is 10.1 Å². The van der Waals surface area contributed by atoms with Crippen molar-refractivity contribution in [2.75, 3.05) is 24.7 Å². The van der Waals surface area contributed by atoms with Crippen molar-refractivity contribution < 1.29 is 28.8 Å². The Kier molecular flexibility index (Phi) is 6.14. The number of nitrogens with zero attached hydrogens (tertiary/aromatic N) is 2. The fraction of sp³-hybridized carbons (Fsp3) is 0.500. The smallest absolute Gasteiger partial charge is 0.307 e. The Morgan fingerprint density at radius 2 is 1.67 bits per heavy atom. The number of carbonyl (C=O) groups is 3. The average Bonchev–Trinajstić information content (AvgIpc) is 2.83. The highest BCUT2D eigenvalue weighted by Gasteiger charge is 2.54. The third-order valence-electron chi connectivity index (χ3n) is 4.47. The van der Waals surface area contributed by atoms with Crippen LogP contribution in [0.4, 0.5) is 11.4 Å². The van der Waals surface area contributed by atoms with Crippen molar-refractivity contribution in [3.63, 3.8) is 0 Å². The quantitative estimate of drug-likeness (QED) is 0.386. The van der Waals surface area contributed by atoms with E-state index in [4.69, 9.17) is 9.47 Å². The van der Waals surface area contributed by atoms with Gasteiger partial charge in [-0.2, -0.15) is 0 Å². The number of hydrogen-bond acceptors (Lipinski definition) is 7. The molecule has 0 aliphatic carbocycles. The molecule has 0 atom stereocenters. The minimum absolute atomic E-state index is 0.113. The third kappa shape index (κ3) is 3.76. The van der Waals surface area contributed by atoms with E-state index in [2.05, 4.69) is 0 Å². The average molecular weight is 378 g/mol. The predicted molar refractivity (Wildman–Crippen MR) is 95.3 cm³/mol. The zero-order chi connectivity index (χ0) is 20.2. The number of anilines is 1. The maximum atomic E-state index is 13.2. The number of esters is 2. The minimum Gasteiger partial charge on any atom is -0.466 e. The Hall–Kier alpha value is -2.97. The summed E-state index contributed by atoms with van der Waals surface area (Å²) in [5, 5.41) is 11.2. The van der Waals surface area contributed by atoms with Gasteiger partial charge in [-0.05, 0) is 32.4 Å². The predicted octanol–water partition coefficient (Wildman–Crippen LogP) is 2.11. The monoisotopic (exact) mass is 378 g/mol. The van der Waals surface area contributed by atoms with E-state index in [0.29, 0.717) is 5.69 Å². The number of nitro benzene ring substituents is 1. The molecule has 0 saturated heterocycles. The van der Waals surface area contributed by atoms with Crippen LogP contribution in [0.25, 0.3) is 0 Å². The molecular weight excluding hydrogens is 356 g/mol. The molecule has 1 aliphatic rings. The highest BCUT2D eigenvalue weighted by molar-refractivity contribution is 6.11. The molecule has 146 valence electrons. The standard InChI is InChI=1S/C18H22N2O7/c1-4-19-14-8-7-12(20(24)25)9-13(14)18(17(19)23,10-15(21)26-5-2)11-16(22)27-6-3/h7-9H,4-6,10-11H2,1-3H3. The minimum atomic E-state index is -1.59. The summed E-state index contributed by atoms with van der Waals surface area (Å²) >= 11 is 0. The summed E-state index contributed by atoms with van der Waals surface area (Å²) in [4.78, 5) is 49.7. The molecule has 2 rings (SSSR count). The number of rotatable bonds is 8. The summed E-state index contributed by atoms with van der Waals surface area (Å²) in [5.74, 6) is -1.79. The Balaban J connectivity index is 2.64. The van der Waals surface area contributed by atoms with Crippen molar-refractivity contribution in [2.24, 2.45) is 0 Å². The van der Waals surface area contributed by atoms with E-state index in [-0.39, 0.29) is 31.0 Å². The van der Waals surface area contributed by atoms with Crippen LogP contribution in [0.5, 0.6) is 0 Å². The van der Waals surface area contributed by atoms with Crippen LogP contribution in [-0.2, 0) is 29.3 Å². The van der Waals surface area contributed by atoms with Crippen LogP contribution >= 0.6 is 0 Å². The van der Waals surface area contributed by atoms with E-state index in [1.807, 2.05) is 0 Å². The summed E-state index contributed by atoms with van der Waals surface area (Å²) in [6.45, 7) is 5.52. The van der Waals surface area contributed by atoms with Gasteiger partial charge in [0.25, 0.3) is 5.69 Å². The molecule has 9 heteroatoms. The number of carbonyl (C=O) groups excluding carboxylic acids is 3. The number of likely N-dealkylation sites (N-methyl/N-ethyl adjacent to an activating group) is 1. The first-order valence-corrected chi connectivity index (χ1v) is 8.72. The van der Waals surface area contributed by atoms with Gasteiger partial charge in [-0.15, -0.1) is 0 Å². The first kappa shape index (κ1) is 20.3. The number of amides is 1. The molecule has 0 aromatic heterocycles. The summed E-state index contributed by atoms with van der Waals surface area (Å²) in [6.07, 6.45) is -0.799. The Morgan fingerprint density at radius 3 is 2.11 bits per heavy atom. The molecule has 1 heterocycles. The third-order valence-corrected chi connectivity index (χ3v) is 4.47. The first-order valence-electron chi connectivity index (χ1n) is 8.72. The van der Waals surface area contributed by atoms with Gasteiger partial charge in [0.2, 0.25) is 5.91 Å². The summed E-state index contributed by atoms with van der Waals surface area (Å²) in [7, 11) is 0. The molecule has 0 fully saturated rings. The molecule has 0 N–H and O–H groups in total. The van der Waals surface area contributed by atoms with Crippen molar-refractivity contribution in [3.05, 3.63) is 33.9 Å². The van der Waals surface area contributed by atoms with Crippen LogP contribution < -0.4 is 4.90 Å². The van der Waals surface area contributed by atoms with Gasteiger partial charge in [-0.3, -0.25) is 24.5 Å². The molecule has 1 amide bonds. The summed E-state index contributed by atoms with van der Waals surface area (Å²) < 4.78 is 9.97. The van der Waals surface area contributed by atoms with Crippen LogP contribution in [-0.4, -0.2) is 42.5 Å². The molecule has 0 spiro atoms. The zero-order valence-electron chi connectivity index (χ0n) is 15.5. The lowest BCUT2D eigenvalue weighted by Gasteiger charge is -2.26. The topological polar surface area (TPSA) is 116 Å². The van der Waals surface area contributed by atoms with Crippen molar-refractivity contribution >= 4 is 29.2 Å². The fourth-order valence-corrected chi connectivity index (χ4v) is 3.37. The second-order valence-electron chi connectivity index (χ2n) is 6.05. The highest BCUT2D eigenvalue weighted by atomic mass is 16.6. The van der Waals surface area contributed by atoms with Gasteiger partial charge < -0.3 is 14.4 Å².